The molecule has 0 aliphatic carbocycles. The number of carbonyl (C=O) groups is 2. The van der Waals surface area contributed by atoms with Gasteiger partial charge < -0.3 is 24.3 Å². The van der Waals surface area contributed by atoms with Crippen LogP contribution in [0, 0.1) is 5.82 Å². The van der Waals surface area contributed by atoms with Crippen LogP contribution in [-0.2, 0) is 33.9 Å². The van der Waals surface area contributed by atoms with Gasteiger partial charge in [-0.1, -0.05) is 17.7 Å². The summed E-state index contributed by atoms with van der Waals surface area (Å²) in [6.45, 7) is 4.38. The van der Waals surface area contributed by atoms with Gasteiger partial charge in [0.05, 0.1) is 45.4 Å². The largest absolute Gasteiger partial charge is 0.513 e. The third-order valence-electron chi connectivity index (χ3n) is 6.37. The van der Waals surface area contributed by atoms with E-state index in [1.54, 1.807) is 12.1 Å². The summed E-state index contributed by atoms with van der Waals surface area (Å²) in [6.07, 6.45) is -1.34. The number of halogens is 2. The van der Waals surface area contributed by atoms with Crippen LogP contribution in [0.15, 0.2) is 64.5 Å². The molecule has 2 aliphatic heterocycles. The number of hydrogen-bond acceptors (Lipinski definition) is 11. The Morgan fingerprint density at radius 2 is 1.70 bits per heavy atom. The van der Waals surface area contributed by atoms with Crippen molar-refractivity contribution in [1.82, 2.24) is 5.32 Å². The van der Waals surface area contributed by atoms with Crippen molar-refractivity contribution in [2.45, 2.75) is 32.8 Å². The predicted molar refractivity (Wildman–Crippen MR) is 154 cm³/mol. The molecule has 2 aromatic carbocycles. The second-order valence-corrected chi connectivity index (χ2v) is 14.6. The average Bonchev–Trinajstić information content (AvgIpc) is 3.00. The molecule has 11 nitrogen and oxygen atoms in total. The van der Waals surface area contributed by atoms with Crippen LogP contribution in [0.2, 0.25) is 5.02 Å². The highest BCUT2D eigenvalue weighted by Crippen LogP contribution is 2.45. The second kappa shape index (κ2) is 12.9. The topological polar surface area (TPSA) is 151 Å². The van der Waals surface area contributed by atoms with Crippen molar-refractivity contribution in [2.24, 2.45) is 0 Å². The number of dihydropyridines is 1. The van der Waals surface area contributed by atoms with Gasteiger partial charge in [0.25, 0.3) is 0 Å². The van der Waals surface area contributed by atoms with Crippen molar-refractivity contribution in [1.29, 1.82) is 0 Å². The van der Waals surface area contributed by atoms with Crippen LogP contribution in [0.1, 0.15) is 42.6 Å². The molecule has 2 aromatic rings. The molecule has 0 saturated heterocycles. The Labute approximate surface area is 253 Å². The maximum absolute atomic E-state index is 15.2. The smallest absolute Gasteiger partial charge is 0.491 e. The zero-order valence-corrected chi connectivity index (χ0v) is 25.8. The Kier molecular flexibility index (Phi) is 9.72. The van der Waals surface area contributed by atoms with E-state index in [1.165, 1.54) is 31.2 Å². The van der Waals surface area contributed by atoms with Crippen LogP contribution in [0.3, 0.4) is 0 Å². The molecule has 2 heterocycles. The first-order valence-corrected chi connectivity index (χ1v) is 16.9. The van der Waals surface area contributed by atoms with E-state index in [4.69, 9.17) is 30.5 Å². The van der Waals surface area contributed by atoms with Crippen molar-refractivity contribution >= 4 is 43.4 Å². The minimum absolute atomic E-state index is 0.0379. The molecule has 0 radical (unpaired) electrons. The van der Waals surface area contributed by atoms with E-state index in [0.29, 0.717) is 5.75 Å². The first-order chi connectivity index (χ1) is 20.2. The van der Waals surface area contributed by atoms with Crippen LogP contribution in [0.25, 0.3) is 0 Å². The van der Waals surface area contributed by atoms with E-state index < -0.39 is 72.3 Å². The highest BCUT2D eigenvalue weighted by atomic mass is 35.5. The monoisotopic (exact) mass is 657 g/mol. The second-order valence-electron chi connectivity index (χ2n) is 9.96. The fraction of sp³-hybridized carbons (Fsp3) is 0.357. The van der Waals surface area contributed by atoms with Crippen LogP contribution in [-0.4, -0.2) is 65.5 Å². The normalized spacial score (nSPS) is 19.2. The summed E-state index contributed by atoms with van der Waals surface area (Å²) in [6, 6.07) is 9.95. The Bertz CT molecular complexity index is 1680. The summed E-state index contributed by atoms with van der Waals surface area (Å²) in [5, 5.41) is 2.53. The maximum Gasteiger partial charge on any atom is 0.513 e. The summed E-state index contributed by atoms with van der Waals surface area (Å²) in [7, 11) is -8.13. The lowest BCUT2D eigenvalue weighted by Gasteiger charge is -2.31. The van der Waals surface area contributed by atoms with E-state index in [2.05, 4.69) is 5.32 Å². The molecule has 43 heavy (non-hydrogen) atoms. The molecule has 0 aromatic heterocycles. The summed E-state index contributed by atoms with van der Waals surface area (Å²) in [5.41, 5.74) is -0.214. The molecule has 0 saturated carbocycles. The number of benzene rings is 2. The first-order valence-electron chi connectivity index (χ1n) is 13.0. The molecule has 0 bridgehead atoms. The number of ether oxygens (including phenoxy) is 4. The van der Waals surface area contributed by atoms with Crippen LogP contribution < -0.4 is 10.1 Å². The molecular formula is C28H29ClFNO10S2. The molecule has 1 N–H and O–H groups in total. The van der Waals surface area contributed by atoms with Crippen molar-refractivity contribution in [3.8, 4) is 5.75 Å². The number of rotatable bonds is 8. The van der Waals surface area contributed by atoms with Gasteiger partial charge in [-0.25, -0.2) is 30.8 Å². The molecule has 0 fully saturated rings. The molecule has 2 aliphatic rings. The summed E-state index contributed by atoms with van der Waals surface area (Å²) >= 11 is 6.30. The Morgan fingerprint density at radius 3 is 2.35 bits per heavy atom. The van der Waals surface area contributed by atoms with E-state index in [9.17, 15) is 26.4 Å². The quantitative estimate of drug-likeness (QED) is 0.320. The van der Waals surface area contributed by atoms with Gasteiger partial charge in [-0.15, -0.1) is 0 Å². The van der Waals surface area contributed by atoms with Gasteiger partial charge in [-0.05, 0) is 57.2 Å². The Balaban J connectivity index is 1.50. The fourth-order valence-corrected chi connectivity index (χ4v) is 8.93. The highest BCUT2D eigenvalue weighted by Gasteiger charge is 2.44. The third-order valence-corrected chi connectivity index (χ3v) is 10.4. The Hall–Kier alpha value is -3.62. The van der Waals surface area contributed by atoms with Crippen LogP contribution in [0.4, 0.5) is 9.18 Å². The molecular weight excluding hydrogens is 629 g/mol. The van der Waals surface area contributed by atoms with Crippen molar-refractivity contribution < 1.29 is 49.8 Å². The number of esters is 1. The Morgan fingerprint density at radius 1 is 1.02 bits per heavy atom. The number of carbonyl (C=O) groups excluding carboxylic acids is 2. The number of sulfone groups is 2. The van der Waals surface area contributed by atoms with Crippen LogP contribution >= 0.6 is 11.6 Å². The van der Waals surface area contributed by atoms with Gasteiger partial charge in [0.1, 0.15) is 30.5 Å². The molecule has 232 valence electrons. The van der Waals surface area contributed by atoms with E-state index in [1.807, 2.05) is 13.8 Å². The first kappa shape index (κ1) is 32.3. The van der Waals surface area contributed by atoms with Gasteiger partial charge in [-0.2, -0.15) is 0 Å². The summed E-state index contributed by atoms with van der Waals surface area (Å²) in [4.78, 5) is 24.5. The van der Waals surface area contributed by atoms with Crippen molar-refractivity contribution in [3.63, 3.8) is 0 Å². The fourth-order valence-electron chi connectivity index (χ4n) is 4.56. The van der Waals surface area contributed by atoms with Gasteiger partial charge in [0.2, 0.25) is 0 Å². The van der Waals surface area contributed by atoms with E-state index in [-0.39, 0.29) is 46.0 Å². The SMILES string of the molecule is CC1=C(OC(=O)OCCOC(=O)c2ccc(OC(C)C)cc2)C(c2c(F)cccc2Cl)C2=C(CS(=O)(=O)CCS2(=O)=O)N1. The minimum atomic E-state index is -4.30. The molecule has 15 heteroatoms. The molecule has 4 rings (SSSR count). The standard InChI is InChI=1S/C28H29ClFNO10S2/c1-16(2)40-19-9-7-18(8-10-19)27(32)38-11-12-39-28(33)41-25-17(3)31-22-15-42(34,35)13-14-43(36,37)26(22)24(25)23-20(29)5-4-6-21(23)30/h4-10,16,24,31H,11-15H2,1-3H3. The zero-order chi connectivity index (χ0) is 31.5. The molecule has 1 atom stereocenters. The number of hydrogen-bond donors (Lipinski definition) is 1. The highest BCUT2D eigenvalue weighted by molar-refractivity contribution is 7.98. The van der Waals surface area contributed by atoms with Gasteiger partial charge in [0.15, 0.2) is 19.7 Å². The lowest BCUT2D eigenvalue weighted by Crippen LogP contribution is -2.33. The molecule has 1 unspecified atom stereocenters. The van der Waals surface area contributed by atoms with E-state index >= 15 is 4.39 Å². The zero-order valence-electron chi connectivity index (χ0n) is 23.4. The van der Waals surface area contributed by atoms with Crippen molar-refractivity contribution in [3.05, 3.63) is 86.5 Å². The summed E-state index contributed by atoms with van der Waals surface area (Å²) < 4.78 is 87.9. The molecule has 0 spiro atoms. The summed E-state index contributed by atoms with van der Waals surface area (Å²) in [5.74, 6) is -4.98. The minimum Gasteiger partial charge on any atom is -0.491 e. The lowest BCUT2D eigenvalue weighted by atomic mass is 9.91. The molecule has 0 amide bonds. The lowest BCUT2D eigenvalue weighted by molar-refractivity contribution is 0.0288. The third kappa shape index (κ3) is 7.67. The number of nitrogens with one attached hydrogen (secondary N) is 1. The van der Waals surface area contributed by atoms with E-state index in [0.717, 1.165) is 6.07 Å². The average molecular weight is 658 g/mol. The van der Waals surface area contributed by atoms with Gasteiger partial charge in [0, 0.05) is 16.3 Å². The van der Waals surface area contributed by atoms with Crippen LogP contribution in [0.5, 0.6) is 5.75 Å². The van der Waals surface area contributed by atoms with Crippen molar-refractivity contribution in [2.75, 3.05) is 30.5 Å². The predicted octanol–water partition coefficient (Wildman–Crippen LogP) is 4.25. The van der Waals surface area contributed by atoms with Gasteiger partial charge >= 0.3 is 12.1 Å². The van der Waals surface area contributed by atoms with Gasteiger partial charge in [-0.3, -0.25) is 0 Å². The maximum atomic E-state index is 15.2. The number of allylic oxidation sites excluding steroid dienone is 2.